The van der Waals surface area contributed by atoms with Crippen molar-refractivity contribution in [1.82, 2.24) is 10.2 Å². The van der Waals surface area contributed by atoms with E-state index in [1.54, 1.807) is 47.4 Å². The molecule has 40 heavy (non-hydrogen) atoms. The average molecular weight is 569 g/mol. The fraction of sp³-hybridized carbons (Fsp3) is 0.448. The van der Waals surface area contributed by atoms with E-state index in [0.717, 1.165) is 36.1 Å². The van der Waals surface area contributed by atoms with E-state index >= 15 is 0 Å². The lowest BCUT2D eigenvalue weighted by Gasteiger charge is -2.36. The molecular formula is C29H33ClN4O6. The number of carboxylic acid groups (broad SMARTS) is 1. The van der Waals surface area contributed by atoms with Crippen LogP contribution in [-0.4, -0.2) is 60.2 Å². The van der Waals surface area contributed by atoms with Crippen LogP contribution in [0.4, 0.5) is 21.0 Å². The van der Waals surface area contributed by atoms with Crippen molar-refractivity contribution in [3.63, 3.8) is 0 Å². The van der Waals surface area contributed by atoms with Gasteiger partial charge in [0.15, 0.2) is 5.60 Å². The number of amides is 4. The highest BCUT2D eigenvalue weighted by molar-refractivity contribution is 6.30. The van der Waals surface area contributed by atoms with Crippen molar-refractivity contribution in [3.8, 4) is 0 Å². The minimum absolute atomic E-state index is 0.167. The molecule has 1 saturated heterocycles. The number of hydrogen-bond acceptors (Lipinski definition) is 5. The first-order chi connectivity index (χ1) is 19.1. The molecule has 10 nitrogen and oxygen atoms in total. The summed E-state index contributed by atoms with van der Waals surface area (Å²) < 4.78 is 5.79. The number of carbonyl (C=O) groups excluding carboxylic acids is 3. The monoisotopic (exact) mass is 568 g/mol. The van der Waals surface area contributed by atoms with Crippen LogP contribution in [0.2, 0.25) is 5.02 Å². The zero-order valence-corrected chi connectivity index (χ0v) is 23.1. The molecule has 0 bridgehead atoms. The fourth-order valence-corrected chi connectivity index (χ4v) is 6.20. The van der Waals surface area contributed by atoms with E-state index in [1.807, 2.05) is 0 Å². The maximum Gasteiger partial charge on any atom is 0.412 e. The van der Waals surface area contributed by atoms with Gasteiger partial charge >= 0.3 is 12.2 Å². The molecular weight excluding hydrogens is 536 g/mol. The topological polar surface area (TPSA) is 128 Å². The molecule has 0 radical (unpaired) electrons. The number of nitrogens with zero attached hydrogens (tertiary/aromatic N) is 2. The van der Waals surface area contributed by atoms with Crippen LogP contribution < -0.4 is 15.5 Å². The Hall–Kier alpha value is -3.79. The smallest absolute Gasteiger partial charge is 0.412 e. The molecule has 1 aliphatic carbocycles. The standard InChI is InChI=1S/C29H33ClN4O6/c1-33(28(38)39)21-10-7-19(8-11-21)25(35)31-24(15-18-5-3-2-4-6-18)26(36)34-14-13-29(17-34)22-16-20(30)9-12-23(22)32-27(37)40-29/h7-12,16,18,24H,2-6,13-15,17H2,1H3,(H,31,35)(H,32,37)(H,38,39)/t24-,29?/m0/s1. The molecule has 0 aromatic heterocycles. The number of benzene rings is 2. The fourth-order valence-electron chi connectivity index (χ4n) is 6.03. The van der Waals surface area contributed by atoms with Gasteiger partial charge in [-0.05, 0) is 54.8 Å². The lowest BCUT2D eigenvalue weighted by Crippen LogP contribution is -2.50. The summed E-state index contributed by atoms with van der Waals surface area (Å²) in [6.07, 6.45) is 4.66. The number of anilines is 2. The van der Waals surface area contributed by atoms with Gasteiger partial charge in [-0.2, -0.15) is 0 Å². The second-order valence-electron chi connectivity index (χ2n) is 10.9. The van der Waals surface area contributed by atoms with E-state index < -0.39 is 29.7 Å². The Kier molecular flexibility index (Phi) is 7.89. The summed E-state index contributed by atoms with van der Waals surface area (Å²) in [5.41, 5.74) is 1.09. The predicted molar refractivity (Wildman–Crippen MR) is 150 cm³/mol. The Balaban J connectivity index is 1.35. The van der Waals surface area contributed by atoms with Gasteiger partial charge in [0, 0.05) is 41.9 Å². The molecule has 2 aromatic rings. The Bertz CT molecular complexity index is 1310. The summed E-state index contributed by atoms with van der Waals surface area (Å²) in [6.45, 7) is 0.533. The van der Waals surface area contributed by atoms with Crippen LogP contribution in [0.5, 0.6) is 0 Å². The van der Waals surface area contributed by atoms with Crippen LogP contribution in [0.3, 0.4) is 0 Å². The highest BCUT2D eigenvalue weighted by Gasteiger charge is 2.49. The lowest BCUT2D eigenvalue weighted by molar-refractivity contribution is -0.133. The van der Waals surface area contributed by atoms with Crippen molar-refractivity contribution in [3.05, 3.63) is 58.6 Å². The molecule has 212 valence electrons. The van der Waals surface area contributed by atoms with Crippen LogP contribution in [0.1, 0.15) is 60.9 Å². The molecule has 11 heteroatoms. The van der Waals surface area contributed by atoms with E-state index in [-0.39, 0.29) is 12.5 Å². The molecule has 2 aliphatic heterocycles. The van der Waals surface area contributed by atoms with Gasteiger partial charge in [-0.25, -0.2) is 9.59 Å². The lowest BCUT2D eigenvalue weighted by atomic mass is 9.84. The Morgan fingerprint density at radius 2 is 1.90 bits per heavy atom. The van der Waals surface area contributed by atoms with Gasteiger partial charge in [-0.15, -0.1) is 0 Å². The molecule has 5 rings (SSSR count). The van der Waals surface area contributed by atoms with Crippen LogP contribution >= 0.6 is 11.6 Å². The molecule has 1 saturated carbocycles. The first kappa shape index (κ1) is 27.8. The maximum atomic E-state index is 13.9. The van der Waals surface area contributed by atoms with Crippen LogP contribution in [0.25, 0.3) is 0 Å². The Labute approximate surface area is 237 Å². The van der Waals surface area contributed by atoms with E-state index in [2.05, 4.69) is 10.6 Å². The van der Waals surface area contributed by atoms with Crippen LogP contribution in [0, 0.1) is 5.92 Å². The molecule has 3 aliphatic rings. The Morgan fingerprint density at radius 1 is 1.18 bits per heavy atom. The highest BCUT2D eigenvalue weighted by atomic mass is 35.5. The SMILES string of the molecule is CN(C(=O)O)c1ccc(C(=O)N[C@@H](CC2CCCCC2)C(=O)N2CCC3(C2)OC(=O)Nc2ccc(Cl)cc23)cc1. The first-order valence-corrected chi connectivity index (χ1v) is 14.0. The predicted octanol–water partition coefficient (Wildman–Crippen LogP) is 5.21. The minimum Gasteiger partial charge on any atom is -0.465 e. The van der Waals surface area contributed by atoms with Gasteiger partial charge in [0.2, 0.25) is 5.91 Å². The molecule has 2 atom stereocenters. The normalized spacial score (nSPS) is 21.2. The third-order valence-corrected chi connectivity index (χ3v) is 8.48. The van der Waals surface area contributed by atoms with Gasteiger partial charge in [0.1, 0.15) is 6.04 Å². The maximum absolute atomic E-state index is 13.9. The second kappa shape index (κ2) is 11.4. The molecule has 2 aromatic carbocycles. The van der Waals surface area contributed by atoms with Gasteiger partial charge in [0.05, 0.1) is 12.2 Å². The second-order valence-corrected chi connectivity index (χ2v) is 11.3. The summed E-state index contributed by atoms with van der Waals surface area (Å²) in [4.78, 5) is 53.6. The number of halogens is 1. The van der Waals surface area contributed by atoms with Gasteiger partial charge in [-0.3, -0.25) is 19.8 Å². The van der Waals surface area contributed by atoms with Crippen molar-refractivity contribution in [1.29, 1.82) is 0 Å². The van der Waals surface area contributed by atoms with Crippen LogP contribution in [0.15, 0.2) is 42.5 Å². The molecule has 3 N–H and O–H groups in total. The van der Waals surface area contributed by atoms with E-state index in [4.69, 9.17) is 16.3 Å². The highest BCUT2D eigenvalue weighted by Crippen LogP contribution is 2.44. The minimum atomic E-state index is -1.11. The van der Waals surface area contributed by atoms with E-state index in [0.29, 0.717) is 47.3 Å². The van der Waals surface area contributed by atoms with Crippen molar-refractivity contribution in [2.75, 3.05) is 30.4 Å². The number of carbonyl (C=O) groups is 4. The number of hydrogen-bond donors (Lipinski definition) is 3. The van der Waals surface area contributed by atoms with Crippen molar-refractivity contribution in [2.24, 2.45) is 5.92 Å². The number of ether oxygens (including phenoxy) is 1. The molecule has 2 heterocycles. The number of nitrogens with one attached hydrogen (secondary N) is 2. The molecule has 2 fully saturated rings. The van der Waals surface area contributed by atoms with E-state index in [9.17, 15) is 24.3 Å². The number of rotatable bonds is 6. The zero-order chi connectivity index (χ0) is 28.4. The summed E-state index contributed by atoms with van der Waals surface area (Å²) in [5.74, 6) is -0.295. The number of likely N-dealkylation sites (tertiary alicyclic amines) is 1. The quantitative estimate of drug-likeness (QED) is 0.439. The van der Waals surface area contributed by atoms with E-state index in [1.165, 1.54) is 13.5 Å². The third-order valence-electron chi connectivity index (χ3n) is 8.24. The molecule has 1 unspecified atom stereocenters. The zero-order valence-electron chi connectivity index (χ0n) is 22.3. The molecule has 4 amide bonds. The molecule has 1 spiro atoms. The van der Waals surface area contributed by atoms with Crippen molar-refractivity contribution >= 4 is 47.0 Å². The van der Waals surface area contributed by atoms with Gasteiger partial charge < -0.3 is 20.1 Å². The largest absolute Gasteiger partial charge is 0.465 e. The van der Waals surface area contributed by atoms with Gasteiger partial charge in [0.25, 0.3) is 5.91 Å². The summed E-state index contributed by atoms with van der Waals surface area (Å²) in [6, 6.07) is 10.6. The summed E-state index contributed by atoms with van der Waals surface area (Å²) in [7, 11) is 1.42. The average Bonchev–Trinajstić information content (AvgIpc) is 3.37. The summed E-state index contributed by atoms with van der Waals surface area (Å²) >= 11 is 6.26. The van der Waals surface area contributed by atoms with Crippen LogP contribution in [-0.2, 0) is 15.1 Å². The first-order valence-electron chi connectivity index (χ1n) is 13.6. The summed E-state index contributed by atoms with van der Waals surface area (Å²) in [5, 5.41) is 15.4. The number of fused-ring (bicyclic) bond motifs is 2. The third kappa shape index (κ3) is 5.72. The Morgan fingerprint density at radius 3 is 2.60 bits per heavy atom. The van der Waals surface area contributed by atoms with Crippen molar-refractivity contribution in [2.45, 2.75) is 56.6 Å². The van der Waals surface area contributed by atoms with Gasteiger partial charge in [-0.1, -0.05) is 43.7 Å². The van der Waals surface area contributed by atoms with Crippen molar-refractivity contribution < 1.29 is 29.0 Å².